The van der Waals surface area contributed by atoms with Gasteiger partial charge in [-0.2, -0.15) is 0 Å². The minimum atomic E-state index is -0.982. The Kier molecular flexibility index (Phi) is 3.88. The standard InChI is InChI=1S/C9H11ClN2O3/c1-15-9-6(2-5(10)4-12-9)7(11)3-8(13)14/h2,4,7H,3,11H2,1H3,(H,13,14). The zero-order valence-corrected chi connectivity index (χ0v) is 8.86. The fourth-order valence-electron chi connectivity index (χ4n) is 1.18. The summed E-state index contributed by atoms with van der Waals surface area (Å²) in [7, 11) is 1.44. The topological polar surface area (TPSA) is 85.4 Å². The number of carboxylic acid groups (broad SMARTS) is 1. The summed E-state index contributed by atoms with van der Waals surface area (Å²) in [5.74, 6) is -0.683. The first-order valence-corrected chi connectivity index (χ1v) is 4.59. The highest BCUT2D eigenvalue weighted by molar-refractivity contribution is 6.30. The van der Waals surface area contributed by atoms with Crippen molar-refractivity contribution in [2.45, 2.75) is 12.5 Å². The summed E-state index contributed by atoms with van der Waals surface area (Å²) in [6.45, 7) is 0. The third-order valence-corrected chi connectivity index (χ3v) is 2.04. The smallest absolute Gasteiger partial charge is 0.305 e. The molecule has 0 aromatic carbocycles. The fraction of sp³-hybridized carbons (Fsp3) is 0.333. The Hall–Kier alpha value is -1.33. The second-order valence-corrected chi connectivity index (χ2v) is 3.39. The summed E-state index contributed by atoms with van der Waals surface area (Å²) >= 11 is 5.73. The highest BCUT2D eigenvalue weighted by atomic mass is 35.5. The highest BCUT2D eigenvalue weighted by Gasteiger charge is 2.16. The van der Waals surface area contributed by atoms with E-state index in [4.69, 9.17) is 27.2 Å². The van der Waals surface area contributed by atoms with Crippen molar-refractivity contribution in [1.29, 1.82) is 0 Å². The number of rotatable bonds is 4. The largest absolute Gasteiger partial charge is 0.481 e. The number of ether oxygens (including phenoxy) is 1. The van der Waals surface area contributed by atoms with E-state index in [2.05, 4.69) is 4.98 Å². The molecule has 0 radical (unpaired) electrons. The van der Waals surface area contributed by atoms with Crippen LogP contribution in [0, 0.1) is 0 Å². The second kappa shape index (κ2) is 4.95. The van der Waals surface area contributed by atoms with Crippen molar-refractivity contribution in [1.82, 2.24) is 4.98 Å². The number of pyridine rings is 1. The van der Waals surface area contributed by atoms with Gasteiger partial charge in [-0.25, -0.2) is 4.98 Å². The van der Waals surface area contributed by atoms with Crippen LogP contribution < -0.4 is 10.5 Å². The molecule has 5 nitrogen and oxygen atoms in total. The van der Waals surface area contributed by atoms with Crippen molar-refractivity contribution in [3.05, 3.63) is 22.8 Å². The maximum absolute atomic E-state index is 10.5. The van der Waals surface area contributed by atoms with Crippen LogP contribution in [-0.4, -0.2) is 23.2 Å². The van der Waals surface area contributed by atoms with Gasteiger partial charge in [-0.15, -0.1) is 0 Å². The van der Waals surface area contributed by atoms with Crippen molar-refractivity contribution in [3.63, 3.8) is 0 Å². The molecule has 1 aromatic heterocycles. The summed E-state index contributed by atoms with van der Waals surface area (Å²) in [5, 5.41) is 9.00. The molecule has 0 bridgehead atoms. The number of aromatic nitrogens is 1. The Labute approximate surface area is 91.8 Å². The number of aliphatic carboxylic acids is 1. The molecule has 0 aliphatic carbocycles. The van der Waals surface area contributed by atoms with E-state index in [0.717, 1.165) is 0 Å². The average Bonchev–Trinajstić information content (AvgIpc) is 2.16. The predicted molar refractivity (Wildman–Crippen MR) is 55.0 cm³/mol. The maximum atomic E-state index is 10.5. The summed E-state index contributed by atoms with van der Waals surface area (Å²) in [4.78, 5) is 14.4. The van der Waals surface area contributed by atoms with E-state index in [-0.39, 0.29) is 6.42 Å². The minimum Gasteiger partial charge on any atom is -0.481 e. The lowest BCUT2D eigenvalue weighted by molar-refractivity contribution is -0.137. The fourth-order valence-corrected chi connectivity index (χ4v) is 1.34. The SMILES string of the molecule is COc1ncc(Cl)cc1C(N)CC(=O)O. The molecule has 0 fully saturated rings. The van der Waals surface area contributed by atoms with Gasteiger partial charge in [-0.05, 0) is 6.07 Å². The van der Waals surface area contributed by atoms with Crippen LogP contribution in [0.1, 0.15) is 18.0 Å². The Morgan fingerprint density at radius 1 is 1.80 bits per heavy atom. The Morgan fingerprint density at radius 2 is 2.47 bits per heavy atom. The van der Waals surface area contributed by atoms with Crippen LogP contribution in [0.2, 0.25) is 5.02 Å². The average molecular weight is 231 g/mol. The van der Waals surface area contributed by atoms with Gasteiger partial charge >= 0.3 is 5.97 Å². The first-order valence-electron chi connectivity index (χ1n) is 4.21. The Bertz CT molecular complexity index is 370. The molecular weight excluding hydrogens is 220 g/mol. The predicted octanol–water partition coefficient (Wildman–Crippen LogP) is 1.22. The van der Waals surface area contributed by atoms with Gasteiger partial charge in [0.1, 0.15) is 0 Å². The normalized spacial score (nSPS) is 12.2. The number of carbonyl (C=O) groups is 1. The van der Waals surface area contributed by atoms with E-state index in [9.17, 15) is 4.79 Å². The molecule has 0 saturated carbocycles. The number of carboxylic acids is 1. The van der Waals surface area contributed by atoms with Gasteiger partial charge in [0.05, 0.1) is 18.6 Å². The quantitative estimate of drug-likeness (QED) is 0.812. The van der Waals surface area contributed by atoms with Crippen molar-refractivity contribution >= 4 is 17.6 Å². The molecule has 0 spiro atoms. The molecule has 0 aliphatic heterocycles. The van der Waals surface area contributed by atoms with Gasteiger partial charge < -0.3 is 15.6 Å². The van der Waals surface area contributed by atoms with Gasteiger partial charge in [0, 0.05) is 17.8 Å². The van der Waals surface area contributed by atoms with E-state index in [1.807, 2.05) is 0 Å². The van der Waals surface area contributed by atoms with Crippen molar-refractivity contribution < 1.29 is 14.6 Å². The van der Waals surface area contributed by atoms with Crippen LogP contribution in [-0.2, 0) is 4.79 Å². The molecule has 3 N–H and O–H groups in total. The first-order chi connectivity index (χ1) is 7.04. The monoisotopic (exact) mass is 230 g/mol. The minimum absolute atomic E-state index is 0.196. The number of hydrogen-bond acceptors (Lipinski definition) is 4. The van der Waals surface area contributed by atoms with Crippen LogP contribution in [0.3, 0.4) is 0 Å². The molecule has 1 rings (SSSR count). The summed E-state index contributed by atoms with van der Waals surface area (Å²) in [6, 6.07) is 0.879. The molecule has 6 heteroatoms. The van der Waals surface area contributed by atoms with Crippen molar-refractivity contribution in [2.75, 3.05) is 7.11 Å². The molecule has 1 atom stereocenters. The lowest BCUT2D eigenvalue weighted by Crippen LogP contribution is -2.16. The Morgan fingerprint density at radius 3 is 3.00 bits per heavy atom. The van der Waals surface area contributed by atoms with Gasteiger partial charge in [0.15, 0.2) is 0 Å². The number of nitrogens with two attached hydrogens (primary N) is 1. The summed E-state index contributed by atoms with van der Waals surface area (Å²) in [6.07, 6.45) is 1.22. The van der Waals surface area contributed by atoms with E-state index in [0.29, 0.717) is 16.5 Å². The van der Waals surface area contributed by atoms with E-state index >= 15 is 0 Å². The number of halogens is 1. The van der Waals surface area contributed by atoms with Crippen LogP contribution >= 0.6 is 11.6 Å². The zero-order chi connectivity index (χ0) is 11.4. The number of methoxy groups -OCH3 is 1. The maximum Gasteiger partial charge on any atom is 0.305 e. The Balaban J connectivity index is 2.99. The van der Waals surface area contributed by atoms with Crippen LogP contribution in [0.5, 0.6) is 5.88 Å². The van der Waals surface area contributed by atoms with Crippen molar-refractivity contribution in [3.8, 4) is 5.88 Å². The van der Waals surface area contributed by atoms with E-state index < -0.39 is 12.0 Å². The van der Waals surface area contributed by atoms with Gasteiger partial charge in [0.2, 0.25) is 5.88 Å². The third-order valence-electron chi connectivity index (χ3n) is 1.83. The molecule has 0 amide bonds. The molecule has 1 unspecified atom stereocenters. The number of hydrogen-bond donors (Lipinski definition) is 2. The lowest BCUT2D eigenvalue weighted by Gasteiger charge is -2.12. The number of nitrogens with zero attached hydrogens (tertiary/aromatic N) is 1. The second-order valence-electron chi connectivity index (χ2n) is 2.96. The first kappa shape index (κ1) is 11.7. The van der Waals surface area contributed by atoms with Gasteiger partial charge in [-0.3, -0.25) is 4.79 Å². The molecular formula is C9H11ClN2O3. The lowest BCUT2D eigenvalue weighted by atomic mass is 10.1. The van der Waals surface area contributed by atoms with Crippen LogP contribution in [0.4, 0.5) is 0 Å². The zero-order valence-electron chi connectivity index (χ0n) is 8.11. The van der Waals surface area contributed by atoms with Gasteiger partial charge in [0.25, 0.3) is 0 Å². The molecule has 82 valence electrons. The third kappa shape index (κ3) is 3.07. The van der Waals surface area contributed by atoms with E-state index in [1.165, 1.54) is 13.3 Å². The summed E-state index contributed by atoms with van der Waals surface area (Å²) in [5.41, 5.74) is 6.17. The molecule has 1 aromatic rings. The molecule has 0 saturated heterocycles. The van der Waals surface area contributed by atoms with Gasteiger partial charge in [-0.1, -0.05) is 11.6 Å². The van der Waals surface area contributed by atoms with Crippen LogP contribution in [0.15, 0.2) is 12.3 Å². The van der Waals surface area contributed by atoms with E-state index in [1.54, 1.807) is 6.07 Å². The molecule has 0 aliphatic rings. The molecule has 1 heterocycles. The molecule has 15 heavy (non-hydrogen) atoms. The van der Waals surface area contributed by atoms with Crippen LogP contribution in [0.25, 0.3) is 0 Å². The van der Waals surface area contributed by atoms with Crippen molar-refractivity contribution in [2.24, 2.45) is 5.73 Å². The highest BCUT2D eigenvalue weighted by Crippen LogP contribution is 2.26. The summed E-state index contributed by atoms with van der Waals surface area (Å²) < 4.78 is 4.96.